The molecule has 2 aromatic rings. The van der Waals surface area contributed by atoms with E-state index in [0.29, 0.717) is 18.4 Å². The van der Waals surface area contributed by atoms with E-state index < -0.39 is 17.7 Å². The van der Waals surface area contributed by atoms with E-state index in [1.165, 1.54) is 6.07 Å². The van der Waals surface area contributed by atoms with Gasteiger partial charge in [-0.15, -0.1) is 11.3 Å². The molecule has 0 saturated carbocycles. The van der Waals surface area contributed by atoms with Gasteiger partial charge in [0.1, 0.15) is 11.6 Å². The largest absolute Gasteiger partial charge is 0.388 e. The highest BCUT2D eigenvalue weighted by Crippen LogP contribution is 2.25. The zero-order chi connectivity index (χ0) is 13.1. The van der Waals surface area contributed by atoms with Crippen molar-refractivity contribution < 1.29 is 13.9 Å². The van der Waals surface area contributed by atoms with E-state index in [4.69, 9.17) is 0 Å². The Morgan fingerprint density at radius 3 is 2.72 bits per heavy atom. The van der Waals surface area contributed by atoms with Crippen LogP contribution in [0.25, 0.3) is 0 Å². The van der Waals surface area contributed by atoms with Gasteiger partial charge in [-0.3, -0.25) is 0 Å². The average Bonchev–Trinajstić information content (AvgIpc) is 2.84. The number of aliphatic hydroxyl groups excluding tert-OH is 1. The summed E-state index contributed by atoms with van der Waals surface area (Å²) in [7, 11) is 0. The van der Waals surface area contributed by atoms with E-state index in [-0.39, 0.29) is 5.56 Å². The monoisotopic (exact) mass is 268 g/mol. The summed E-state index contributed by atoms with van der Waals surface area (Å²) in [6.45, 7) is 1.56. The summed E-state index contributed by atoms with van der Waals surface area (Å²) < 4.78 is 26.7. The van der Waals surface area contributed by atoms with Gasteiger partial charge in [0.15, 0.2) is 0 Å². The molecule has 0 spiro atoms. The number of benzene rings is 1. The molecule has 0 fully saturated rings. The summed E-state index contributed by atoms with van der Waals surface area (Å²) >= 11 is 1.61. The fourth-order valence-corrected chi connectivity index (χ4v) is 2.55. The summed E-state index contributed by atoms with van der Waals surface area (Å²) in [6.07, 6.45) is 0.225. The molecule has 4 heteroatoms. The maximum atomic E-state index is 13.5. The van der Waals surface area contributed by atoms with Gasteiger partial charge in [0, 0.05) is 16.5 Å². The topological polar surface area (TPSA) is 20.2 Å². The summed E-state index contributed by atoms with van der Waals surface area (Å²) in [6, 6.07) is 6.13. The maximum absolute atomic E-state index is 13.5. The van der Waals surface area contributed by atoms with Gasteiger partial charge in [0.25, 0.3) is 0 Å². The van der Waals surface area contributed by atoms with Crippen molar-refractivity contribution in [3.63, 3.8) is 0 Å². The van der Waals surface area contributed by atoms with Crippen LogP contribution in [0.2, 0.25) is 0 Å². The molecule has 0 radical (unpaired) electrons. The number of aliphatic hydroxyl groups is 1. The quantitative estimate of drug-likeness (QED) is 0.888. The van der Waals surface area contributed by atoms with Crippen molar-refractivity contribution >= 4 is 11.3 Å². The lowest BCUT2D eigenvalue weighted by Crippen LogP contribution is -2.03. The second-order valence-electron chi connectivity index (χ2n) is 4.26. The minimum Gasteiger partial charge on any atom is -0.388 e. The first-order valence-electron chi connectivity index (χ1n) is 5.74. The van der Waals surface area contributed by atoms with Crippen molar-refractivity contribution in [3.05, 3.63) is 57.3 Å². The molecule has 0 aliphatic rings. The molecule has 1 N–H and O–H groups in total. The van der Waals surface area contributed by atoms with Crippen LogP contribution in [-0.4, -0.2) is 5.11 Å². The normalized spacial score (nSPS) is 12.7. The van der Waals surface area contributed by atoms with Crippen LogP contribution < -0.4 is 0 Å². The fraction of sp³-hybridized carbons (Fsp3) is 0.286. The van der Waals surface area contributed by atoms with Crippen LogP contribution in [0.15, 0.2) is 29.6 Å². The van der Waals surface area contributed by atoms with Gasteiger partial charge in [-0.25, -0.2) is 8.78 Å². The zero-order valence-corrected chi connectivity index (χ0v) is 10.8. The molecule has 1 aromatic carbocycles. The molecule has 0 aliphatic carbocycles. The molecule has 18 heavy (non-hydrogen) atoms. The van der Waals surface area contributed by atoms with E-state index in [2.05, 4.69) is 0 Å². The summed E-state index contributed by atoms with van der Waals surface area (Å²) in [5.74, 6) is -1.27. The Hall–Kier alpha value is -1.26. The van der Waals surface area contributed by atoms with Crippen LogP contribution in [0.1, 0.15) is 28.5 Å². The molecule has 0 bridgehead atoms. The molecule has 0 amide bonds. The molecule has 1 unspecified atom stereocenters. The maximum Gasteiger partial charge on any atom is 0.131 e. The molecule has 1 atom stereocenters. The van der Waals surface area contributed by atoms with Crippen LogP contribution in [0.3, 0.4) is 0 Å². The predicted octanol–water partition coefficient (Wildman–Crippen LogP) is 4.00. The highest BCUT2D eigenvalue weighted by molar-refractivity contribution is 7.09. The molecule has 1 heterocycles. The molecule has 1 nitrogen and oxygen atoms in total. The summed E-state index contributed by atoms with van der Waals surface area (Å²) in [4.78, 5) is 1.15. The minimum atomic E-state index is -0.897. The van der Waals surface area contributed by atoms with Gasteiger partial charge >= 0.3 is 0 Å². The lowest BCUT2D eigenvalue weighted by Gasteiger charge is -2.12. The molecule has 2 rings (SSSR count). The van der Waals surface area contributed by atoms with Crippen LogP contribution in [0, 0.1) is 18.6 Å². The lowest BCUT2D eigenvalue weighted by atomic mass is 10.0. The smallest absolute Gasteiger partial charge is 0.131 e. The first-order valence-corrected chi connectivity index (χ1v) is 6.62. The van der Waals surface area contributed by atoms with Crippen LogP contribution in [0.5, 0.6) is 0 Å². The molecule has 0 aliphatic heterocycles. The number of hydrogen-bond acceptors (Lipinski definition) is 2. The van der Waals surface area contributed by atoms with Crippen LogP contribution in [-0.2, 0) is 6.42 Å². The SMILES string of the molecule is Cc1cc(C(O)CCc2cccs2)c(F)cc1F. The van der Waals surface area contributed by atoms with Crippen LogP contribution in [0.4, 0.5) is 8.78 Å². The Kier molecular flexibility index (Phi) is 4.09. The van der Waals surface area contributed by atoms with Gasteiger partial charge in [-0.1, -0.05) is 6.07 Å². The molecule has 96 valence electrons. The second kappa shape index (κ2) is 5.59. The third-order valence-electron chi connectivity index (χ3n) is 2.88. The summed E-state index contributed by atoms with van der Waals surface area (Å²) in [5, 5.41) is 11.9. The Morgan fingerprint density at radius 1 is 1.28 bits per heavy atom. The lowest BCUT2D eigenvalue weighted by molar-refractivity contribution is 0.163. The van der Waals surface area contributed by atoms with Crippen molar-refractivity contribution in [1.29, 1.82) is 0 Å². The number of halogens is 2. The zero-order valence-electron chi connectivity index (χ0n) is 9.99. The Labute approximate surface area is 109 Å². The summed E-state index contributed by atoms with van der Waals surface area (Å²) in [5.41, 5.74) is 0.520. The molecular weight excluding hydrogens is 254 g/mol. The van der Waals surface area contributed by atoms with Gasteiger partial charge in [-0.2, -0.15) is 0 Å². The minimum absolute atomic E-state index is 0.172. The Morgan fingerprint density at radius 2 is 2.06 bits per heavy atom. The van der Waals surface area contributed by atoms with Crippen molar-refractivity contribution in [2.75, 3.05) is 0 Å². The van der Waals surface area contributed by atoms with Crippen molar-refractivity contribution in [1.82, 2.24) is 0 Å². The number of aryl methyl sites for hydroxylation is 2. The Bertz CT molecular complexity index is 523. The Balaban J connectivity index is 2.09. The van der Waals surface area contributed by atoms with E-state index in [1.807, 2.05) is 17.5 Å². The molecular formula is C14H14F2OS. The fourth-order valence-electron chi connectivity index (χ4n) is 1.82. The number of rotatable bonds is 4. The third kappa shape index (κ3) is 2.94. The van der Waals surface area contributed by atoms with Gasteiger partial charge in [0.05, 0.1) is 6.10 Å². The average molecular weight is 268 g/mol. The second-order valence-corrected chi connectivity index (χ2v) is 5.29. The van der Waals surface area contributed by atoms with Crippen molar-refractivity contribution in [2.45, 2.75) is 25.9 Å². The standard InChI is InChI=1S/C14H14F2OS/c1-9-7-11(13(16)8-12(9)15)14(17)5-4-10-3-2-6-18-10/h2-3,6-8,14,17H,4-5H2,1H3. The number of thiophene rings is 1. The first-order chi connectivity index (χ1) is 8.58. The molecule has 0 saturated heterocycles. The van der Waals surface area contributed by atoms with E-state index in [1.54, 1.807) is 18.3 Å². The van der Waals surface area contributed by atoms with Crippen molar-refractivity contribution in [3.8, 4) is 0 Å². The van der Waals surface area contributed by atoms with E-state index in [0.717, 1.165) is 10.9 Å². The van der Waals surface area contributed by atoms with Gasteiger partial charge in [0.2, 0.25) is 0 Å². The van der Waals surface area contributed by atoms with E-state index in [9.17, 15) is 13.9 Å². The van der Waals surface area contributed by atoms with Gasteiger partial charge < -0.3 is 5.11 Å². The molecule has 1 aromatic heterocycles. The van der Waals surface area contributed by atoms with E-state index >= 15 is 0 Å². The first kappa shape index (κ1) is 13.2. The third-order valence-corrected chi connectivity index (χ3v) is 3.82. The predicted molar refractivity (Wildman–Crippen MR) is 68.7 cm³/mol. The van der Waals surface area contributed by atoms with Crippen LogP contribution >= 0.6 is 11.3 Å². The highest BCUT2D eigenvalue weighted by Gasteiger charge is 2.15. The van der Waals surface area contributed by atoms with Gasteiger partial charge in [-0.05, 0) is 42.8 Å². The number of hydrogen-bond donors (Lipinski definition) is 1. The highest BCUT2D eigenvalue weighted by atomic mass is 32.1. The van der Waals surface area contributed by atoms with Crippen molar-refractivity contribution in [2.24, 2.45) is 0 Å².